The molecule has 9 heteroatoms. The first-order valence-electron chi connectivity index (χ1n) is 9.27. The number of furan rings is 1. The van der Waals surface area contributed by atoms with E-state index in [-0.39, 0.29) is 28.1 Å². The molecule has 2 aromatic heterocycles. The fourth-order valence-corrected chi connectivity index (χ4v) is 5.39. The molecule has 30 heavy (non-hydrogen) atoms. The molecule has 0 radical (unpaired) electrons. The van der Waals surface area contributed by atoms with Crippen molar-refractivity contribution < 1.29 is 18.7 Å². The van der Waals surface area contributed by atoms with Crippen LogP contribution >= 0.6 is 34.5 Å². The Bertz CT molecular complexity index is 1090. The minimum Gasteiger partial charge on any atom is -0.494 e. The monoisotopic (exact) mass is 464 g/mol. The maximum atomic E-state index is 12.9. The fourth-order valence-electron chi connectivity index (χ4n) is 3.46. The topological polar surface area (TPSA) is 80.6 Å². The van der Waals surface area contributed by atoms with Crippen LogP contribution in [-0.4, -0.2) is 18.9 Å². The number of ether oxygens (including phenoxy) is 1. The minimum absolute atomic E-state index is 0.236. The maximum Gasteiger partial charge on any atom is 0.256 e. The third-order valence-electron chi connectivity index (χ3n) is 4.84. The van der Waals surface area contributed by atoms with E-state index in [1.807, 2.05) is 0 Å². The summed E-state index contributed by atoms with van der Waals surface area (Å²) in [6.45, 7) is 0.271. The number of halogens is 2. The molecule has 0 saturated carbocycles. The van der Waals surface area contributed by atoms with Gasteiger partial charge in [0.1, 0.15) is 10.8 Å². The van der Waals surface area contributed by atoms with E-state index in [2.05, 4.69) is 10.6 Å². The van der Waals surface area contributed by atoms with E-state index in [1.165, 1.54) is 30.6 Å². The number of benzene rings is 1. The number of anilines is 1. The van der Waals surface area contributed by atoms with Crippen LogP contribution in [0.3, 0.4) is 0 Å². The van der Waals surface area contributed by atoms with Gasteiger partial charge in [0, 0.05) is 10.4 Å². The van der Waals surface area contributed by atoms with Gasteiger partial charge in [-0.1, -0.05) is 23.2 Å². The number of rotatable bonds is 6. The summed E-state index contributed by atoms with van der Waals surface area (Å²) in [7, 11) is 1.45. The molecule has 0 unspecified atom stereocenters. The molecule has 0 saturated heterocycles. The van der Waals surface area contributed by atoms with Crippen LogP contribution in [0.1, 0.15) is 43.3 Å². The van der Waals surface area contributed by atoms with Gasteiger partial charge in [-0.2, -0.15) is 0 Å². The SMILES string of the molecule is COc1c(Cl)cc(C(=O)Nc2sc3c(c2C(=O)NCc2ccco2)CCC3)cc1Cl. The fraction of sp³-hybridized carbons (Fsp3) is 0.238. The molecule has 3 aromatic rings. The summed E-state index contributed by atoms with van der Waals surface area (Å²) in [6, 6.07) is 6.53. The zero-order valence-corrected chi connectivity index (χ0v) is 18.3. The van der Waals surface area contributed by atoms with E-state index in [4.69, 9.17) is 32.4 Å². The number of carbonyl (C=O) groups excluding carboxylic acids is 2. The molecular formula is C21H18Cl2N2O4S. The first-order chi connectivity index (χ1) is 14.5. The molecule has 0 bridgehead atoms. The normalized spacial score (nSPS) is 12.5. The molecule has 1 aromatic carbocycles. The quantitative estimate of drug-likeness (QED) is 0.516. The van der Waals surface area contributed by atoms with E-state index in [0.717, 1.165) is 29.7 Å². The summed E-state index contributed by atoms with van der Waals surface area (Å²) >= 11 is 13.7. The molecule has 1 aliphatic rings. The second kappa shape index (κ2) is 8.71. The summed E-state index contributed by atoms with van der Waals surface area (Å²) in [5, 5.41) is 6.72. The molecule has 0 atom stereocenters. The third-order valence-corrected chi connectivity index (χ3v) is 6.61. The first kappa shape index (κ1) is 20.8. The lowest BCUT2D eigenvalue weighted by atomic mass is 10.1. The number of methoxy groups -OCH3 is 1. The molecule has 2 N–H and O–H groups in total. The van der Waals surface area contributed by atoms with Crippen LogP contribution in [0.15, 0.2) is 34.9 Å². The highest BCUT2D eigenvalue weighted by molar-refractivity contribution is 7.17. The van der Waals surface area contributed by atoms with E-state index in [0.29, 0.717) is 22.1 Å². The van der Waals surface area contributed by atoms with Crippen LogP contribution in [0.4, 0.5) is 5.00 Å². The summed E-state index contributed by atoms with van der Waals surface area (Å²) in [5.74, 6) is 0.319. The Hall–Kier alpha value is -2.48. The minimum atomic E-state index is -0.401. The zero-order chi connectivity index (χ0) is 21.3. The largest absolute Gasteiger partial charge is 0.494 e. The standard InChI is InChI=1S/C21H18Cl2N2O4S/c1-28-18-14(22)8-11(9-15(18)23)19(26)25-21-17(13-5-2-6-16(13)30-21)20(27)24-10-12-4-3-7-29-12/h3-4,7-9H,2,5-6,10H2,1H3,(H,24,27)(H,25,26). The third kappa shape index (κ3) is 4.05. The summed E-state index contributed by atoms with van der Waals surface area (Å²) in [6.07, 6.45) is 4.26. The van der Waals surface area contributed by atoms with Crippen molar-refractivity contribution in [3.05, 3.63) is 67.9 Å². The number of nitrogens with one attached hydrogen (secondary N) is 2. The summed E-state index contributed by atoms with van der Waals surface area (Å²) < 4.78 is 10.4. The highest BCUT2D eigenvalue weighted by Crippen LogP contribution is 2.40. The number of fused-ring (bicyclic) bond motifs is 1. The van der Waals surface area contributed by atoms with E-state index in [9.17, 15) is 9.59 Å². The molecular weight excluding hydrogens is 447 g/mol. The van der Waals surface area contributed by atoms with Crippen LogP contribution in [0.5, 0.6) is 5.75 Å². The van der Waals surface area contributed by atoms with Gasteiger partial charge in [0.15, 0.2) is 5.75 Å². The van der Waals surface area contributed by atoms with Crippen molar-refractivity contribution in [1.82, 2.24) is 5.32 Å². The number of hydrogen-bond donors (Lipinski definition) is 2. The van der Waals surface area contributed by atoms with Gasteiger partial charge in [0.25, 0.3) is 11.8 Å². The Morgan fingerprint density at radius 1 is 1.20 bits per heavy atom. The first-order valence-corrected chi connectivity index (χ1v) is 10.8. The highest BCUT2D eigenvalue weighted by atomic mass is 35.5. The molecule has 0 fully saturated rings. The number of aryl methyl sites for hydroxylation is 1. The Morgan fingerprint density at radius 3 is 2.63 bits per heavy atom. The molecule has 6 nitrogen and oxygen atoms in total. The lowest BCUT2D eigenvalue weighted by Gasteiger charge is -2.11. The number of hydrogen-bond acceptors (Lipinski definition) is 5. The van der Waals surface area contributed by atoms with Gasteiger partial charge in [0.05, 0.1) is 35.5 Å². The van der Waals surface area contributed by atoms with Crippen molar-refractivity contribution in [1.29, 1.82) is 0 Å². The van der Waals surface area contributed by atoms with Crippen molar-refractivity contribution >= 4 is 51.4 Å². The van der Waals surface area contributed by atoms with Crippen molar-refractivity contribution in [2.24, 2.45) is 0 Å². The summed E-state index contributed by atoms with van der Waals surface area (Å²) in [4.78, 5) is 26.9. The molecule has 1 aliphatic carbocycles. The average Bonchev–Trinajstić information content (AvgIpc) is 3.43. The van der Waals surface area contributed by atoms with Crippen LogP contribution in [-0.2, 0) is 19.4 Å². The molecule has 0 spiro atoms. The molecule has 2 heterocycles. The Balaban J connectivity index is 1.58. The Labute approximate surface area is 187 Å². The predicted octanol–water partition coefficient (Wildman–Crippen LogP) is 5.33. The van der Waals surface area contributed by atoms with Gasteiger partial charge in [0.2, 0.25) is 0 Å². The second-order valence-corrected chi connectivity index (χ2v) is 8.67. The zero-order valence-electron chi connectivity index (χ0n) is 16.0. The molecule has 0 aliphatic heterocycles. The van der Waals surface area contributed by atoms with Crippen molar-refractivity contribution in [3.8, 4) is 5.75 Å². The van der Waals surface area contributed by atoms with E-state index in [1.54, 1.807) is 18.4 Å². The Morgan fingerprint density at radius 2 is 1.97 bits per heavy atom. The number of amides is 2. The van der Waals surface area contributed by atoms with Crippen molar-refractivity contribution in [3.63, 3.8) is 0 Å². The van der Waals surface area contributed by atoms with Crippen LogP contribution in [0.2, 0.25) is 10.0 Å². The lowest BCUT2D eigenvalue weighted by molar-refractivity contribution is 0.0948. The van der Waals surface area contributed by atoms with Gasteiger partial charge >= 0.3 is 0 Å². The maximum absolute atomic E-state index is 12.9. The van der Waals surface area contributed by atoms with E-state index < -0.39 is 5.91 Å². The van der Waals surface area contributed by atoms with E-state index >= 15 is 0 Å². The predicted molar refractivity (Wildman–Crippen MR) is 117 cm³/mol. The highest BCUT2D eigenvalue weighted by Gasteiger charge is 2.28. The molecule has 156 valence electrons. The number of carbonyl (C=O) groups is 2. The smallest absolute Gasteiger partial charge is 0.256 e. The van der Waals surface area contributed by atoms with Crippen LogP contribution in [0.25, 0.3) is 0 Å². The van der Waals surface area contributed by atoms with Crippen molar-refractivity contribution in [2.75, 3.05) is 12.4 Å². The average molecular weight is 465 g/mol. The van der Waals surface area contributed by atoms with Crippen LogP contribution in [0, 0.1) is 0 Å². The van der Waals surface area contributed by atoms with Gasteiger partial charge in [-0.3, -0.25) is 9.59 Å². The molecule has 2 amide bonds. The number of thiophene rings is 1. The van der Waals surface area contributed by atoms with Crippen LogP contribution < -0.4 is 15.4 Å². The second-order valence-electron chi connectivity index (χ2n) is 6.75. The van der Waals surface area contributed by atoms with Gasteiger partial charge < -0.3 is 19.8 Å². The van der Waals surface area contributed by atoms with Gasteiger partial charge in [-0.25, -0.2) is 0 Å². The summed E-state index contributed by atoms with van der Waals surface area (Å²) in [5.41, 5.74) is 1.79. The van der Waals surface area contributed by atoms with Gasteiger partial charge in [-0.15, -0.1) is 11.3 Å². The lowest BCUT2D eigenvalue weighted by Crippen LogP contribution is -2.25. The Kier molecular flexibility index (Phi) is 6.04. The molecule has 4 rings (SSSR count). The van der Waals surface area contributed by atoms with Gasteiger partial charge in [-0.05, 0) is 49.1 Å². The van der Waals surface area contributed by atoms with Crippen molar-refractivity contribution in [2.45, 2.75) is 25.8 Å².